The van der Waals surface area contributed by atoms with Gasteiger partial charge in [-0.2, -0.15) is 0 Å². The van der Waals surface area contributed by atoms with E-state index < -0.39 is 0 Å². The van der Waals surface area contributed by atoms with Crippen LogP contribution in [0.2, 0.25) is 0 Å². The molecule has 0 fully saturated rings. The van der Waals surface area contributed by atoms with Crippen LogP contribution in [0.25, 0.3) is 0 Å². The fourth-order valence-electron chi connectivity index (χ4n) is 2.18. The first-order chi connectivity index (χ1) is 11.1. The number of rotatable bonds is 7. The highest BCUT2D eigenvalue weighted by Gasteiger charge is 2.10. The Bertz CT molecular complexity index is 629. The number of carbonyl (C=O) groups excluding carboxylic acids is 2. The standard InChI is InChI=1S/C18H21N3O2/c1-14(16-9-5-6-11-19-16)21-17(22)10-12-20-18(23)13-15-7-3-2-4-8-15/h2-9,11,14H,10,12-13H2,1H3,(H,20,23)(H,21,22)/t14-/m1/s1. The molecule has 1 atom stereocenters. The van der Waals surface area contributed by atoms with Crippen molar-refractivity contribution in [3.8, 4) is 0 Å². The van der Waals surface area contributed by atoms with E-state index >= 15 is 0 Å². The van der Waals surface area contributed by atoms with Crippen LogP contribution in [-0.2, 0) is 16.0 Å². The first kappa shape index (κ1) is 16.7. The maximum absolute atomic E-state index is 11.9. The number of amides is 2. The summed E-state index contributed by atoms with van der Waals surface area (Å²) in [7, 11) is 0. The highest BCUT2D eigenvalue weighted by atomic mass is 16.2. The number of nitrogens with zero attached hydrogens (tertiary/aromatic N) is 1. The van der Waals surface area contributed by atoms with Gasteiger partial charge in [0.2, 0.25) is 11.8 Å². The average molecular weight is 311 g/mol. The van der Waals surface area contributed by atoms with E-state index in [9.17, 15) is 9.59 Å². The first-order valence-corrected chi connectivity index (χ1v) is 7.66. The zero-order chi connectivity index (χ0) is 16.5. The lowest BCUT2D eigenvalue weighted by molar-refractivity contribution is -0.122. The van der Waals surface area contributed by atoms with Crippen LogP contribution in [0.3, 0.4) is 0 Å². The van der Waals surface area contributed by atoms with Crippen LogP contribution in [-0.4, -0.2) is 23.3 Å². The molecular formula is C18H21N3O2. The lowest BCUT2D eigenvalue weighted by Gasteiger charge is -2.13. The molecule has 0 radical (unpaired) electrons. The summed E-state index contributed by atoms with van der Waals surface area (Å²) in [4.78, 5) is 27.9. The van der Waals surface area contributed by atoms with E-state index in [0.717, 1.165) is 11.3 Å². The molecule has 5 nitrogen and oxygen atoms in total. The minimum absolute atomic E-state index is 0.0817. The number of hydrogen-bond donors (Lipinski definition) is 2. The van der Waals surface area contributed by atoms with Crippen LogP contribution in [0, 0.1) is 0 Å². The lowest BCUT2D eigenvalue weighted by atomic mass is 10.1. The molecular weight excluding hydrogens is 290 g/mol. The summed E-state index contributed by atoms with van der Waals surface area (Å²) in [5.41, 5.74) is 1.77. The Morgan fingerprint density at radius 1 is 1.04 bits per heavy atom. The van der Waals surface area contributed by atoms with E-state index in [4.69, 9.17) is 0 Å². The molecule has 0 bridgehead atoms. The van der Waals surface area contributed by atoms with Crippen LogP contribution < -0.4 is 10.6 Å². The van der Waals surface area contributed by atoms with Gasteiger partial charge in [0.05, 0.1) is 18.2 Å². The number of benzene rings is 1. The van der Waals surface area contributed by atoms with Gasteiger partial charge in [-0.15, -0.1) is 0 Å². The van der Waals surface area contributed by atoms with Crippen molar-refractivity contribution < 1.29 is 9.59 Å². The first-order valence-electron chi connectivity index (χ1n) is 7.66. The number of hydrogen-bond acceptors (Lipinski definition) is 3. The van der Waals surface area contributed by atoms with Gasteiger partial charge in [-0.1, -0.05) is 36.4 Å². The summed E-state index contributed by atoms with van der Waals surface area (Å²) < 4.78 is 0. The topological polar surface area (TPSA) is 71.1 Å². The monoisotopic (exact) mass is 311 g/mol. The molecule has 2 N–H and O–H groups in total. The van der Waals surface area contributed by atoms with Crippen molar-refractivity contribution >= 4 is 11.8 Å². The Labute approximate surface area is 136 Å². The molecule has 1 aromatic carbocycles. The van der Waals surface area contributed by atoms with Crippen molar-refractivity contribution in [1.29, 1.82) is 0 Å². The summed E-state index contributed by atoms with van der Waals surface area (Å²) in [5, 5.41) is 5.63. The molecule has 1 aromatic heterocycles. The van der Waals surface area contributed by atoms with Crippen LogP contribution in [0.5, 0.6) is 0 Å². The Morgan fingerprint density at radius 3 is 2.48 bits per heavy atom. The Balaban J connectivity index is 1.67. The molecule has 1 heterocycles. The van der Waals surface area contributed by atoms with Gasteiger partial charge in [0.15, 0.2) is 0 Å². The Morgan fingerprint density at radius 2 is 1.78 bits per heavy atom. The minimum atomic E-state index is -0.149. The molecule has 2 rings (SSSR count). The van der Waals surface area contributed by atoms with Gasteiger partial charge in [0, 0.05) is 19.2 Å². The second-order valence-corrected chi connectivity index (χ2v) is 5.31. The molecule has 0 saturated carbocycles. The average Bonchev–Trinajstić information content (AvgIpc) is 2.56. The highest BCUT2D eigenvalue weighted by molar-refractivity contribution is 5.80. The Kier molecular flexibility index (Phi) is 6.29. The highest BCUT2D eigenvalue weighted by Crippen LogP contribution is 2.07. The summed E-state index contributed by atoms with van der Waals surface area (Å²) in [6.07, 6.45) is 2.27. The van der Waals surface area contributed by atoms with Crippen LogP contribution >= 0.6 is 0 Å². The normalized spacial score (nSPS) is 11.5. The quantitative estimate of drug-likeness (QED) is 0.821. The SMILES string of the molecule is C[C@@H](NC(=O)CCNC(=O)Cc1ccccc1)c1ccccn1. The maximum atomic E-state index is 11.9. The van der Waals surface area contributed by atoms with E-state index in [1.54, 1.807) is 6.20 Å². The molecule has 0 aliphatic rings. The molecule has 0 spiro atoms. The smallest absolute Gasteiger partial charge is 0.224 e. The third-order valence-electron chi connectivity index (χ3n) is 3.39. The van der Waals surface area contributed by atoms with Gasteiger partial charge in [0.1, 0.15) is 0 Å². The van der Waals surface area contributed by atoms with Crippen LogP contribution in [0.15, 0.2) is 54.7 Å². The number of nitrogens with one attached hydrogen (secondary N) is 2. The molecule has 5 heteroatoms. The second kappa shape index (κ2) is 8.68. The van der Waals surface area contributed by atoms with Gasteiger partial charge >= 0.3 is 0 Å². The van der Waals surface area contributed by atoms with Crippen LogP contribution in [0.4, 0.5) is 0 Å². The van der Waals surface area contributed by atoms with E-state index in [1.165, 1.54) is 0 Å². The van der Waals surface area contributed by atoms with Gasteiger partial charge in [-0.3, -0.25) is 14.6 Å². The van der Waals surface area contributed by atoms with Crippen molar-refractivity contribution in [3.05, 3.63) is 66.0 Å². The molecule has 2 amide bonds. The summed E-state index contributed by atoms with van der Waals surface area (Å²) in [6, 6.07) is 14.9. The lowest BCUT2D eigenvalue weighted by Crippen LogP contribution is -2.32. The minimum Gasteiger partial charge on any atom is -0.355 e. The number of aromatic nitrogens is 1. The molecule has 0 aliphatic heterocycles. The van der Waals surface area contributed by atoms with Crippen molar-refractivity contribution in [2.24, 2.45) is 0 Å². The van der Waals surface area contributed by atoms with Crippen molar-refractivity contribution in [3.63, 3.8) is 0 Å². The molecule has 120 valence electrons. The molecule has 0 unspecified atom stereocenters. The largest absolute Gasteiger partial charge is 0.355 e. The fourth-order valence-corrected chi connectivity index (χ4v) is 2.18. The maximum Gasteiger partial charge on any atom is 0.224 e. The van der Waals surface area contributed by atoms with Gasteiger partial charge in [-0.05, 0) is 24.6 Å². The second-order valence-electron chi connectivity index (χ2n) is 5.31. The molecule has 23 heavy (non-hydrogen) atoms. The molecule has 2 aromatic rings. The van der Waals surface area contributed by atoms with Crippen molar-refractivity contribution in [1.82, 2.24) is 15.6 Å². The third kappa shape index (κ3) is 5.90. The van der Waals surface area contributed by atoms with Crippen molar-refractivity contribution in [2.45, 2.75) is 25.8 Å². The van der Waals surface area contributed by atoms with Gasteiger partial charge in [-0.25, -0.2) is 0 Å². The summed E-state index contributed by atoms with van der Waals surface area (Å²) >= 11 is 0. The van der Waals surface area contributed by atoms with Crippen molar-refractivity contribution in [2.75, 3.05) is 6.54 Å². The van der Waals surface area contributed by atoms with Gasteiger partial charge in [0.25, 0.3) is 0 Å². The van der Waals surface area contributed by atoms with E-state index in [-0.39, 0.29) is 24.3 Å². The Hall–Kier alpha value is -2.69. The fraction of sp³-hybridized carbons (Fsp3) is 0.278. The summed E-state index contributed by atoms with van der Waals surface area (Å²) in [6.45, 7) is 2.21. The van der Waals surface area contributed by atoms with Crippen LogP contribution in [0.1, 0.15) is 30.6 Å². The number of carbonyl (C=O) groups is 2. The third-order valence-corrected chi connectivity index (χ3v) is 3.39. The summed E-state index contributed by atoms with van der Waals surface area (Å²) in [5.74, 6) is -0.190. The molecule has 0 aliphatic carbocycles. The molecule has 0 saturated heterocycles. The van der Waals surface area contributed by atoms with E-state index in [1.807, 2.05) is 55.5 Å². The number of pyridine rings is 1. The predicted molar refractivity (Wildman–Crippen MR) is 88.6 cm³/mol. The van der Waals surface area contributed by atoms with E-state index in [2.05, 4.69) is 15.6 Å². The predicted octanol–water partition coefficient (Wildman–Crippen LogP) is 2.01. The zero-order valence-electron chi connectivity index (χ0n) is 13.2. The van der Waals surface area contributed by atoms with Gasteiger partial charge < -0.3 is 10.6 Å². The zero-order valence-corrected chi connectivity index (χ0v) is 13.2. The van der Waals surface area contributed by atoms with E-state index in [0.29, 0.717) is 13.0 Å².